The number of carbonyl (C=O) groups excluding carboxylic acids is 1. The fourth-order valence-electron chi connectivity index (χ4n) is 2.37. The molecule has 0 N–H and O–H groups in total. The minimum absolute atomic E-state index is 0.199. The SMILES string of the molecule is CCOc1cc2nc(SC)n(C(=O)c3cscn3)c2cc1OCC. The predicted molar refractivity (Wildman–Crippen MR) is 95.7 cm³/mol. The van der Waals surface area contributed by atoms with E-state index in [9.17, 15) is 4.79 Å². The highest BCUT2D eigenvalue weighted by Crippen LogP contribution is 2.34. The number of thioether (sulfide) groups is 1. The summed E-state index contributed by atoms with van der Waals surface area (Å²) in [7, 11) is 0. The van der Waals surface area contributed by atoms with Crippen LogP contribution in [0.2, 0.25) is 0 Å². The first-order valence-corrected chi connectivity index (χ1v) is 9.65. The van der Waals surface area contributed by atoms with Gasteiger partial charge in [0.05, 0.1) is 29.8 Å². The maximum atomic E-state index is 12.8. The number of fused-ring (bicyclic) bond motifs is 1. The Kier molecular flexibility index (Phi) is 5.06. The second-order valence-corrected chi connectivity index (χ2v) is 6.26. The van der Waals surface area contributed by atoms with Crippen molar-refractivity contribution in [3.8, 4) is 11.5 Å². The van der Waals surface area contributed by atoms with Crippen LogP contribution in [0.3, 0.4) is 0 Å². The molecule has 2 aromatic heterocycles. The number of ether oxygens (including phenoxy) is 2. The Balaban J connectivity index is 2.20. The van der Waals surface area contributed by atoms with Crippen molar-refractivity contribution in [2.75, 3.05) is 19.5 Å². The molecule has 0 saturated heterocycles. The van der Waals surface area contributed by atoms with E-state index in [1.165, 1.54) is 23.1 Å². The standard InChI is InChI=1S/C16H17N3O3S2/c1-4-21-13-6-10-12(7-14(13)22-5-2)19(16(18-10)23-3)15(20)11-8-24-9-17-11/h6-9H,4-5H2,1-3H3. The number of imidazole rings is 1. The minimum atomic E-state index is -0.199. The Morgan fingerprint density at radius 2 is 1.96 bits per heavy atom. The third-order valence-electron chi connectivity index (χ3n) is 3.33. The highest BCUT2D eigenvalue weighted by molar-refractivity contribution is 7.98. The molecule has 3 rings (SSSR count). The number of carbonyl (C=O) groups is 1. The summed E-state index contributed by atoms with van der Waals surface area (Å²) < 4.78 is 12.9. The van der Waals surface area contributed by atoms with Gasteiger partial charge in [-0.05, 0) is 20.1 Å². The molecule has 6 nitrogen and oxygen atoms in total. The van der Waals surface area contributed by atoms with Crippen molar-refractivity contribution in [3.05, 3.63) is 28.7 Å². The summed E-state index contributed by atoms with van der Waals surface area (Å²) in [6, 6.07) is 3.62. The highest BCUT2D eigenvalue weighted by atomic mass is 32.2. The van der Waals surface area contributed by atoms with E-state index >= 15 is 0 Å². The molecule has 0 radical (unpaired) electrons. The molecule has 126 valence electrons. The van der Waals surface area contributed by atoms with Gasteiger partial charge in [-0.3, -0.25) is 9.36 Å². The van der Waals surface area contributed by atoms with E-state index in [1.807, 2.05) is 26.2 Å². The number of thiazole rings is 1. The molecule has 0 spiro atoms. The van der Waals surface area contributed by atoms with Gasteiger partial charge in [0.2, 0.25) is 0 Å². The third-order valence-corrected chi connectivity index (χ3v) is 4.55. The van der Waals surface area contributed by atoms with Crippen molar-refractivity contribution in [1.29, 1.82) is 0 Å². The van der Waals surface area contributed by atoms with Crippen molar-refractivity contribution >= 4 is 40.0 Å². The van der Waals surface area contributed by atoms with Gasteiger partial charge in [0, 0.05) is 17.5 Å². The van der Waals surface area contributed by atoms with Gasteiger partial charge >= 0.3 is 0 Å². The van der Waals surface area contributed by atoms with Crippen LogP contribution in [0.25, 0.3) is 11.0 Å². The summed E-state index contributed by atoms with van der Waals surface area (Å²) >= 11 is 2.80. The van der Waals surface area contributed by atoms with Gasteiger partial charge in [-0.2, -0.15) is 0 Å². The molecule has 3 aromatic rings. The second kappa shape index (κ2) is 7.23. The first kappa shape index (κ1) is 16.8. The molecule has 0 aliphatic rings. The van der Waals surface area contributed by atoms with Crippen LogP contribution in [0, 0.1) is 0 Å². The van der Waals surface area contributed by atoms with Crippen LogP contribution in [0.15, 0.2) is 28.2 Å². The smallest absolute Gasteiger partial charge is 0.283 e. The quantitative estimate of drug-likeness (QED) is 0.622. The topological polar surface area (TPSA) is 66.2 Å². The number of benzene rings is 1. The number of rotatable bonds is 6. The molecule has 0 aliphatic carbocycles. The van der Waals surface area contributed by atoms with Crippen molar-refractivity contribution in [3.63, 3.8) is 0 Å². The van der Waals surface area contributed by atoms with Crippen LogP contribution in [-0.2, 0) is 0 Å². The van der Waals surface area contributed by atoms with Gasteiger partial charge in [-0.15, -0.1) is 11.3 Å². The first-order valence-electron chi connectivity index (χ1n) is 7.48. The molecular formula is C16H17N3O3S2. The largest absolute Gasteiger partial charge is 0.490 e. The maximum absolute atomic E-state index is 12.8. The Bertz CT molecular complexity index is 859. The fourth-order valence-corrected chi connectivity index (χ4v) is 3.45. The molecule has 1 aromatic carbocycles. The molecule has 0 bridgehead atoms. The van der Waals surface area contributed by atoms with E-state index in [4.69, 9.17) is 9.47 Å². The molecule has 0 fully saturated rings. The van der Waals surface area contributed by atoms with Gasteiger partial charge in [0.1, 0.15) is 5.69 Å². The zero-order valence-corrected chi connectivity index (χ0v) is 15.2. The van der Waals surface area contributed by atoms with E-state index in [2.05, 4.69) is 9.97 Å². The van der Waals surface area contributed by atoms with Crippen molar-refractivity contribution < 1.29 is 14.3 Å². The Morgan fingerprint density at radius 1 is 1.25 bits per heavy atom. The number of hydrogen-bond donors (Lipinski definition) is 0. The first-order chi connectivity index (χ1) is 11.7. The van der Waals surface area contributed by atoms with Crippen LogP contribution in [0.4, 0.5) is 0 Å². The van der Waals surface area contributed by atoms with Crippen LogP contribution in [0.1, 0.15) is 24.3 Å². The Labute approximate surface area is 147 Å². The van der Waals surface area contributed by atoms with Crippen molar-refractivity contribution in [2.24, 2.45) is 0 Å². The summed E-state index contributed by atoms with van der Waals surface area (Å²) in [6.45, 7) is 4.86. The second-order valence-electron chi connectivity index (χ2n) is 4.77. The van der Waals surface area contributed by atoms with Crippen LogP contribution < -0.4 is 9.47 Å². The number of aromatic nitrogens is 3. The zero-order valence-electron chi connectivity index (χ0n) is 13.6. The normalized spacial score (nSPS) is 11.0. The minimum Gasteiger partial charge on any atom is -0.490 e. The molecule has 0 aliphatic heterocycles. The van der Waals surface area contributed by atoms with E-state index in [0.717, 1.165) is 0 Å². The number of hydrogen-bond acceptors (Lipinski definition) is 7. The van der Waals surface area contributed by atoms with E-state index < -0.39 is 0 Å². The van der Waals surface area contributed by atoms with Crippen molar-refractivity contribution in [2.45, 2.75) is 19.0 Å². The van der Waals surface area contributed by atoms with E-state index in [-0.39, 0.29) is 5.91 Å². The molecule has 0 amide bonds. The molecule has 0 unspecified atom stereocenters. The summed E-state index contributed by atoms with van der Waals surface area (Å²) in [4.78, 5) is 21.5. The zero-order chi connectivity index (χ0) is 17.1. The fraction of sp³-hybridized carbons (Fsp3) is 0.312. The molecule has 0 saturated carbocycles. The maximum Gasteiger partial charge on any atom is 0.283 e. The third kappa shape index (κ3) is 2.99. The van der Waals surface area contributed by atoms with Gasteiger partial charge in [0.15, 0.2) is 16.7 Å². The lowest BCUT2D eigenvalue weighted by molar-refractivity contribution is 0.0951. The van der Waals surface area contributed by atoms with Gasteiger partial charge in [-0.25, -0.2) is 9.97 Å². The summed E-state index contributed by atoms with van der Waals surface area (Å²) in [5, 5.41) is 2.34. The van der Waals surface area contributed by atoms with E-state index in [0.29, 0.717) is 46.6 Å². The summed E-state index contributed by atoms with van der Waals surface area (Å²) in [5.41, 5.74) is 3.42. The van der Waals surface area contributed by atoms with Crippen LogP contribution in [-0.4, -0.2) is 39.9 Å². The lowest BCUT2D eigenvalue weighted by atomic mass is 10.2. The number of nitrogens with zero attached hydrogens (tertiary/aromatic N) is 3. The Hall–Kier alpha value is -2.06. The monoisotopic (exact) mass is 363 g/mol. The average Bonchev–Trinajstić information content (AvgIpc) is 3.22. The van der Waals surface area contributed by atoms with Crippen LogP contribution >= 0.6 is 23.1 Å². The molecular weight excluding hydrogens is 346 g/mol. The molecule has 24 heavy (non-hydrogen) atoms. The van der Waals surface area contributed by atoms with Crippen molar-refractivity contribution in [1.82, 2.24) is 14.5 Å². The Morgan fingerprint density at radius 3 is 2.54 bits per heavy atom. The lowest BCUT2D eigenvalue weighted by Gasteiger charge is -2.11. The molecule has 8 heteroatoms. The highest BCUT2D eigenvalue weighted by Gasteiger charge is 2.21. The molecule has 2 heterocycles. The average molecular weight is 363 g/mol. The van der Waals surface area contributed by atoms with Gasteiger partial charge in [-0.1, -0.05) is 11.8 Å². The van der Waals surface area contributed by atoms with Gasteiger partial charge < -0.3 is 9.47 Å². The lowest BCUT2D eigenvalue weighted by Crippen LogP contribution is -2.13. The molecule has 0 atom stereocenters. The van der Waals surface area contributed by atoms with Gasteiger partial charge in [0.25, 0.3) is 5.91 Å². The van der Waals surface area contributed by atoms with Crippen LogP contribution in [0.5, 0.6) is 11.5 Å². The summed E-state index contributed by atoms with van der Waals surface area (Å²) in [5.74, 6) is 1.03. The predicted octanol–water partition coefficient (Wildman–Crippen LogP) is 3.70. The van der Waals surface area contributed by atoms with E-state index in [1.54, 1.807) is 21.5 Å². The summed E-state index contributed by atoms with van der Waals surface area (Å²) in [6.07, 6.45) is 1.89.